The number of thioether (sulfide) groups is 1. The van der Waals surface area contributed by atoms with E-state index in [-0.39, 0.29) is 5.25 Å². The van der Waals surface area contributed by atoms with Crippen LogP contribution < -0.4 is 4.74 Å². The van der Waals surface area contributed by atoms with Crippen molar-refractivity contribution in [2.24, 2.45) is 0 Å². The normalized spacial score (nSPS) is 28.2. The van der Waals surface area contributed by atoms with Crippen molar-refractivity contribution >= 4 is 11.8 Å². The molecule has 0 aliphatic carbocycles. The molecule has 0 radical (unpaired) electrons. The van der Waals surface area contributed by atoms with Gasteiger partial charge in [-0.25, -0.2) is 0 Å². The lowest BCUT2D eigenvalue weighted by Gasteiger charge is -2.39. The maximum Gasteiger partial charge on any atom is 0.122 e. The van der Waals surface area contributed by atoms with Gasteiger partial charge in [0.15, 0.2) is 0 Å². The molecule has 18 heavy (non-hydrogen) atoms. The molecule has 2 nitrogen and oxygen atoms in total. The summed E-state index contributed by atoms with van der Waals surface area (Å²) in [5, 5.41) is 11.3. The van der Waals surface area contributed by atoms with Crippen LogP contribution in [0.2, 0.25) is 0 Å². The number of ether oxygens (including phenoxy) is 1. The van der Waals surface area contributed by atoms with Crippen LogP contribution in [0.5, 0.6) is 5.75 Å². The second-order valence-electron chi connectivity index (χ2n) is 5.18. The lowest BCUT2D eigenvalue weighted by Crippen LogP contribution is -2.39. The fourth-order valence-electron chi connectivity index (χ4n) is 2.77. The van der Waals surface area contributed by atoms with Crippen LogP contribution in [0.4, 0.5) is 0 Å². The fraction of sp³-hybridized carbons (Fsp3) is 0.600. The highest BCUT2D eigenvalue weighted by Crippen LogP contribution is 2.43. The molecule has 100 valence electrons. The molecule has 1 saturated heterocycles. The number of rotatable bonds is 2. The van der Waals surface area contributed by atoms with E-state index in [0.29, 0.717) is 0 Å². The van der Waals surface area contributed by atoms with E-state index < -0.39 is 5.60 Å². The molecule has 1 heterocycles. The SMILES string of the molecule is COc1cc(C)c(C2(O)CCCSC2C)cc1C. The highest BCUT2D eigenvalue weighted by atomic mass is 32.2. The maximum atomic E-state index is 11.0. The summed E-state index contributed by atoms with van der Waals surface area (Å²) < 4.78 is 5.34. The molecule has 1 aliphatic heterocycles. The van der Waals surface area contributed by atoms with Crippen LogP contribution >= 0.6 is 11.8 Å². The summed E-state index contributed by atoms with van der Waals surface area (Å²) in [6.07, 6.45) is 1.93. The zero-order valence-corrected chi connectivity index (χ0v) is 12.4. The molecular weight excluding hydrogens is 244 g/mol. The smallest absolute Gasteiger partial charge is 0.122 e. The Morgan fingerprint density at radius 3 is 2.67 bits per heavy atom. The van der Waals surface area contributed by atoms with Gasteiger partial charge in [0.25, 0.3) is 0 Å². The summed E-state index contributed by atoms with van der Waals surface area (Å²) in [6, 6.07) is 4.13. The zero-order chi connectivity index (χ0) is 13.3. The van der Waals surface area contributed by atoms with E-state index >= 15 is 0 Å². The molecule has 1 aliphatic rings. The first-order valence-electron chi connectivity index (χ1n) is 6.48. The van der Waals surface area contributed by atoms with Gasteiger partial charge in [-0.1, -0.05) is 6.92 Å². The quantitative estimate of drug-likeness (QED) is 0.889. The molecule has 2 rings (SSSR count). The Hall–Kier alpha value is -0.670. The van der Waals surface area contributed by atoms with Crippen molar-refractivity contribution < 1.29 is 9.84 Å². The highest BCUT2D eigenvalue weighted by molar-refractivity contribution is 8.00. The first kappa shape index (κ1) is 13.8. The molecule has 1 fully saturated rings. The van der Waals surface area contributed by atoms with Gasteiger partial charge in [-0.2, -0.15) is 11.8 Å². The second-order valence-corrected chi connectivity index (χ2v) is 6.63. The third-order valence-electron chi connectivity index (χ3n) is 3.95. The summed E-state index contributed by atoms with van der Waals surface area (Å²) in [7, 11) is 1.69. The van der Waals surface area contributed by atoms with E-state index in [1.54, 1.807) is 7.11 Å². The van der Waals surface area contributed by atoms with Crippen molar-refractivity contribution in [3.63, 3.8) is 0 Å². The highest BCUT2D eigenvalue weighted by Gasteiger charge is 2.39. The Labute approximate surface area is 114 Å². The molecule has 0 bridgehead atoms. The first-order valence-corrected chi connectivity index (χ1v) is 7.53. The number of aryl methyl sites for hydroxylation is 2. The minimum absolute atomic E-state index is 0.248. The first-order chi connectivity index (χ1) is 8.49. The van der Waals surface area contributed by atoms with Crippen molar-refractivity contribution in [3.05, 3.63) is 28.8 Å². The Morgan fingerprint density at radius 1 is 1.33 bits per heavy atom. The van der Waals surface area contributed by atoms with Gasteiger partial charge in [0.1, 0.15) is 11.4 Å². The molecule has 2 unspecified atom stereocenters. The van der Waals surface area contributed by atoms with E-state index in [0.717, 1.165) is 41.0 Å². The van der Waals surface area contributed by atoms with Gasteiger partial charge in [-0.05, 0) is 61.3 Å². The molecule has 0 aromatic heterocycles. The number of hydrogen-bond acceptors (Lipinski definition) is 3. The molecular formula is C15H22O2S. The largest absolute Gasteiger partial charge is 0.496 e. The lowest BCUT2D eigenvalue weighted by atomic mass is 9.82. The Morgan fingerprint density at radius 2 is 2.06 bits per heavy atom. The second kappa shape index (κ2) is 5.14. The molecule has 0 saturated carbocycles. The van der Waals surface area contributed by atoms with E-state index in [1.807, 2.05) is 24.8 Å². The summed E-state index contributed by atoms with van der Waals surface area (Å²) in [6.45, 7) is 6.22. The summed E-state index contributed by atoms with van der Waals surface area (Å²) in [5.74, 6) is 2.05. The predicted molar refractivity (Wildman–Crippen MR) is 77.5 cm³/mol. The summed E-state index contributed by atoms with van der Waals surface area (Å²) >= 11 is 1.86. The molecule has 1 aromatic carbocycles. The Kier molecular flexibility index (Phi) is 3.93. The molecule has 2 atom stereocenters. The predicted octanol–water partition coefficient (Wildman–Crippen LogP) is 3.42. The molecule has 1 aromatic rings. The van der Waals surface area contributed by atoms with E-state index in [1.165, 1.54) is 0 Å². The topological polar surface area (TPSA) is 29.5 Å². The molecule has 0 amide bonds. The minimum atomic E-state index is -0.690. The van der Waals surface area contributed by atoms with Crippen LogP contribution in [0.15, 0.2) is 12.1 Å². The average molecular weight is 266 g/mol. The van der Waals surface area contributed by atoms with Crippen LogP contribution in [0.25, 0.3) is 0 Å². The van der Waals surface area contributed by atoms with E-state index in [4.69, 9.17) is 4.74 Å². The lowest BCUT2D eigenvalue weighted by molar-refractivity contribution is 0.0247. The monoisotopic (exact) mass is 266 g/mol. The number of benzene rings is 1. The average Bonchev–Trinajstić information content (AvgIpc) is 2.35. The van der Waals surface area contributed by atoms with Gasteiger partial charge in [0.05, 0.1) is 7.11 Å². The van der Waals surface area contributed by atoms with Gasteiger partial charge in [0.2, 0.25) is 0 Å². The molecule has 3 heteroatoms. The molecule has 1 N–H and O–H groups in total. The maximum absolute atomic E-state index is 11.0. The number of methoxy groups -OCH3 is 1. The van der Waals surface area contributed by atoms with Crippen LogP contribution in [-0.2, 0) is 5.60 Å². The van der Waals surface area contributed by atoms with Crippen LogP contribution in [0.3, 0.4) is 0 Å². The van der Waals surface area contributed by atoms with Crippen LogP contribution in [0.1, 0.15) is 36.5 Å². The van der Waals surface area contributed by atoms with Gasteiger partial charge in [-0.15, -0.1) is 0 Å². The van der Waals surface area contributed by atoms with Crippen LogP contribution in [-0.4, -0.2) is 23.2 Å². The fourth-order valence-corrected chi connectivity index (χ4v) is 3.96. The van der Waals surface area contributed by atoms with Crippen LogP contribution in [0, 0.1) is 13.8 Å². The molecule has 0 spiro atoms. The van der Waals surface area contributed by atoms with Crippen molar-refractivity contribution in [3.8, 4) is 5.75 Å². The van der Waals surface area contributed by atoms with Gasteiger partial charge in [-0.3, -0.25) is 0 Å². The summed E-state index contributed by atoms with van der Waals surface area (Å²) in [4.78, 5) is 0. The Balaban J connectivity index is 2.46. The van der Waals surface area contributed by atoms with Crippen molar-refractivity contribution in [1.29, 1.82) is 0 Å². The number of aliphatic hydroxyl groups is 1. The zero-order valence-electron chi connectivity index (χ0n) is 11.6. The standard InChI is InChI=1S/C15H22O2S/c1-10-9-14(17-4)11(2)8-13(10)15(16)6-5-7-18-12(15)3/h8-9,12,16H,5-7H2,1-4H3. The van der Waals surface area contributed by atoms with Crippen molar-refractivity contribution in [1.82, 2.24) is 0 Å². The van der Waals surface area contributed by atoms with Gasteiger partial charge < -0.3 is 9.84 Å². The van der Waals surface area contributed by atoms with Gasteiger partial charge >= 0.3 is 0 Å². The third-order valence-corrected chi connectivity index (χ3v) is 5.37. The third kappa shape index (κ3) is 2.26. The minimum Gasteiger partial charge on any atom is -0.496 e. The van der Waals surface area contributed by atoms with Crippen molar-refractivity contribution in [2.75, 3.05) is 12.9 Å². The van der Waals surface area contributed by atoms with Gasteiger partial charge in [0, 0.05) is 5.25 Å². The van der Waals surface area contributed by atoms with E-state index in [9.17, 15) is 5.11 Å². The van der Waals surface area contributed by atoms with E-state index in [2.05, 4.69) is 19.9 Å². The number of hydrogen-bond donors (Lipinski definition) is 1. The Bertz CT molecular complexity index is 444. The van der Waals surface area contributed by atoms with Crippen molar-refractivity contribution in [2.45, 2.75) is 44.5 Å². The summed E-state index contributed by atoms with van der Waals surface area (Å²) in [5.41, 5.74) is 2.59.